The number of rotatable bonds is 10. The number of nitrogens with zero attached hydrogens (tertiary/aromatic N) is 1. The monoisotopic (exact) mass is 342 g/mol. The molecule has 0 spiro atoms. The van der Waals surface area contributed by atoms with Crippen LogP contribution in [0.4, 0.5) is 8.78 Å². The van der Waals surface area contributed by atoms with Crippen molar-refractivity contribution in [2.24, 2.45) is 0 Å². The van der Waals surface area contributed by atoms with E-state index in [2.05, 4.69) is 10.3 Å². The van der Waals surface area contributed by atoms with Crippen molar-refractivity contribution in [3.8, 4) is 5.88 Å². The minimum absolute atomic E-state index is 0.181. The Morgan fingerprint density at radius 3 is 2.74 bits per heavy atom. The van der Waals surface area contributed by atoms with Gasteiger partial charge in [0, 0.05) is 18.8 Å². The second-order valence-corrected chi connectivity index (χ2v) is 5.87. The van der Waals surface area contributed by atoms with E-state index in [-0.39, 0.29) is 5.75 Å². The van der Waals surface area contributed by atoms with Crippen LogP contribution in [0.25, 0.3) is 0 Å². The van der Waals surface area contributed by atoms with Crippen molar-refractivity contribution in [1.82, 2.24) is 10.3 Å². The van der Waals surface area contributed by atoms with Crippen molar-refractivity contribution in [2.45, 2.75) is 37.9 Å². The number of hydrogen-bond acceptors (Lipinski definition) is 5. The molecule has 1 N–H and O–H groups in total. The van der Waals surface area contributed by atoms with Crippen LogP contribution in [0.2, 0.25) is 0 Å². The summed E-state index contributed by atoms with van der Waals surface area (Å²) in [6.07, 6.45) is 2.72. The van der Waals surface area contributed by atoms with Crippen molar-refractivity contribution in [3.05, 3.63) is 47.5 Å². The maximum absolute atomic E-state index is 12.1. The van der Waals surface area contributed by atoms with E-state index in [1.165, 1.54) is 0 Å². The lowest BCUT2D eigenvalue weighted by molar-refractivity contribution is 0.251. The molecule has 4 nitrogen and oxygen atoms in total. The van der Waals surface area contributed by atoms with Crippen molar-refractivity contribution in [2.75, 3.05) is 6.61 Å². The highest BCUT2D eigenvalue weighted by atomic mass is 32.2. The van der Waals surface area contributed by atoms with E-state index in [0.717, 1.165) is 17.7 Å². The first-order valence-corrected chi connectivity index (χ1v) is 8.48. The van der Waals surface area contributed by atoms with Gasteiger partial charge in [-0.1, -0.05) is 24.8 Å². The molecule has 0 fully saturated rings. The summed E-state index contributed by atoms with van der Waals surface area (Å²) in [5.41, 5.74) is 1.04. The SMILES string of the molecule is CCCOc1ccc(CNCc2ccc(CSC(F)F)o2)cn1. The van der Waals surface area contributed by atoms with Gasteiger partial charge in [-0.3, -0.25) is 0 Å². The van der Waals surface area contributed by atoms with Gasteiger partial charge < -0.3 is 14.5 Å². The first-order chi connectivity index (χ1) is 11.2. The first-order valence-electron chi connectivity index (χ1n) is 7.43. The summed E-state index contributed by atoms with van der Waals surface area (Å²) in [4.78, 5) is 4.23. The molecule has 0 atom stereocenters. The third kappa shape index (κ3) is 6.58. The summed E-state index contributed by atoms with van der Waals surface area (Å²) in [6, 6.07) is 7.33. The van der Waals surface area contributed by atoms with Crippen LogP contribution in [0.5, 0.6) is 5.88 Å². The molecule has 23 heavy (non-hydrogen) atoms. The number of nitrogens with one attached hydrogen (secondary N) is 1. The van der Waals surface area contributed by atoms with Crippen LogP contribution in [0.15, 0.2) is 34.9 Å². The molecule has 0 aliphatic rings. The number of pyridine rings is 1. The molecule has 0 saturated heterocycles. The van der Waals surface area contributed by atoms with E-state index >= 15 is 0 Å². The Balaban J connectivity index is 1.72. The van der Waals surface area contributed by atoms with Crippen molar-refractivity contribution in [1.29, 1.82) is 0 Å². The molecule has 0 aromatic carbocycles. The summed E-state index contributed by atoms with van der Waals surface area (Å²) in [7, 11) is 0. The average molecular weight is 342 g/mol. The Labute approximate surface area is 138 Å². The van der Waals surface area contributed by atoms with Crippen molar-refractivity contribution in [3.63, 3.8) is 0 Å². The molecule has 126 valence electrons. The number of ether oxygens (including phenoxy) is 1. The molecule has 2 rings (SSSR count). The van der Waals surface area contributed by atoms with E-state index < -0.39 is 5.76 Å². The fourth-order valence-corrected chi connectivity index (χ4v) is 2.32. The third-order valence-electron chi connectivity index (χ3n) is 2.95. The van der Waals surface area contributed by atoms with Gasteiger partial charge in [-0.25, -0.2) is 4.98 Å². The molecule has 0 unspecified atom stereocenters. The van der Waals surface area contributed by atoms with E-state index in [9.17, 15) is 8.78 Å². The molecule has 0 saturated carbocycles. The Hall–Kier alpha value is -1.60. The van der Waals surface area contributed by atoms with Gasteiger partial charge in [-0.15, -0.1) is 0 Å². The van der Waals surface area contributed by atoms with Gasteiger partial charge in [0.15, 0.2) is 0 Å². The Kier molecular flexibility index (Phi) is 7.35. The van der Waals surface area contributed by atoms with E-state index in [4.69, 9.17) is 9.15 Å². The summed E-state index contributed by atoms with van der Waals surface area (Å²) in [5.74, 6) is -0.279. The van der Waals surface area contributed by atoms with E-state index in [1.807, 2.05) is 19.1 Å². The second-order valence-electron chi connectivity index (χ2n) is 4.90. The summed E-state index contributed by atoms with van der Waals surface area (Å²) in [5, 5.41) is 3.23. The molecule has 2 heterocycles. The maximum Gasteiger partial charge on any atom is 0.284 e. The van der Waals surface area contributed by atoms with Crippen LogP contribution in [0, 0.1) is 0 Å². The fraction of sp³-hybridized carbons (Fsp3) is 0.438. The normalized spacial score (nSPS) is 11.1. The van der Waals surface area contributed by atoms with Gasteiger partial charge in [-0.2, -0.15) is 8.78 Å². The number of aromatic nitrogens is 1. The lowest BCUT2D eigenvalue weighted by atomic mass is 10.3. The molecule has 0 aliphatic heterocycles. The van der Waals surface area contributed by atoms with Gasteiger partial charge in [0.25, 0.3) is 5.76 Å². The Bertz CT molecular complexity index is 576. The molecule has 0 radical (unpaired) electrons. The molecular formula is C16H20F2N2O2S. The summed E-state index contributed by atoms with van der Waals surface area (Å²) in [6.45, 7) is 3.89. The lowest BCUT2D eigenvalue weighted by Gasteiger charge is -2.05. The highest BCUT2D eigenvalue weighted by Crippen LogP contribution is 2.21. The van der Waals surface area contributed by atoms with Crippen LogP contribution in [-0.2, 0) is 18.8 Å². The highest BCUT2D eigenvalue weighted by molar-refractivity contribution is 7.98. The Morgan fingerprint density at radius 2 is 2.04 bits per heavy atom. The largest absolute Gasteiger partial charge is 0.478 e. The van der Waals surface area contributed by atoms with Gasteiger partial charge in [0.05, 0.1) is 18.9 Å². The van der Waals surface area contributed by atoms with E-state index in [0.29, 0.717) is 43.1 Å². The second kappa shape index (κ2) is 9.52. The standard InChI is InChI=1S/C16H20F2N2O2S/c1-2-7-21-15-6-3-12(9-20-15)8-19-10-13-4-5-14(22-13)11-23-16(17)18/h3-6,9,16,19H,2,7-8,10-11H2,1H3. The predicted octanol–water partition coefficient (Wildman–Crippen LogP) is 4.21. The number of thioether (sulfide) groups is 1. The quantitative estimate of drug-likeness (QED) is 0.701. The minimum Gasteiger partial charge on any atom is -0.478 e. The van der Waals surface area contributed by atoms with E-state index in [1.54, 1.807) is 18.3 Å². The smallest absolute Gasteiger partial charge is 0.284 e. The number of halogens is 2. The molecule has 2 aromatic rings. The Morgan fingerprint density at radius 1 is 1.22 bits per heavy atom. The fourth-order valence-electron chi connectivity index (χ4n) is 1.88. The summed E-state index contributed by atoms with van der Waals surface area (Å²) < 4.78 is 35.1. The molecule has 0 aliphatic carbocycles. The molecule has 7 heteroatoms. The van der Waals surface area contributed by atoms with Crippen molar-refractivity contribution >= 4 is 11.8 Å². The summed E-state index contributed by atoms with van der Waals surface area (Å²) >= 11 is 0.558. The zero-order valence-electron chi connectivity index (χ0n) is 12.9. The van der Waals surface area contributed by atoms with Gasteiger partial charge in [-0.05, 0) is 24.1 Å². The topological polar surface area (TPSA) is 47.3 Å². The van der Waals surface area contributed by atoms with Gasteiger partial charge in [0.1, 0.15) is 11.5 Å². The van der Waals surface area contributed by atoms with Crippen molar-refractivity contribution < 1.29 is 17.9 Å². The van der Waals surface area contributed by atoms with Crippen LogP contribution in [0.3, 0.4) is 0 Å². The number of hydrogen-bond donors (Lipinski definition) is 1. The minimum atomic E-state index is -2.38. The lowest BCUT2D eigenvalue weighted by Crippen LogP contribution is -2.12. The van der Waals surface area contributed by atoms with Crippen LogP contribution in [0.1, 0.15) is 30.4 Å². The number of alkyl halides is 2. The molecule has 2 aromatic heterocycles. The zero-order valence-corrected chi connectivity index (χ0v) is 13.7. The maximum atomic E-state index is 12.1. The molecular weight excluding hydrogens is 322 g/mol. The number of furan rings is 1. The molecule has 0 bridgehead atoms. The molecule has 0 amide bonds. The first kappa shape index (κ1) is 17.7. The van der Waals surface area contributed by atoms with Crippen LogP contribution >= 0.6 is 11.8 Å². The highest BCUT2D eigenvalue weighted by Gasteiger charge is 2.07. The van der Waals surface area contributed by atoms with Gasteiger partial charge >= 0.3 is 0 Å². The van der Waals surface area contributed by atoms with Gasteiger partial charge in [0.2, 0.25) is 5.88 Å². The average Bonchev–Trinajstić information content (AvgIpc) is 3.00. The van der Waals surface area contributed by atoms with Crippen LogP contribution < -0.4 is 10.1 Å². The van der Waals surface area contributed by atoms with Crippen LogP contribution in [-0.4, -0.2) is 17.3 Å². The zero-order chi connectivity index (χ0) is 16.5. The third-order valence-corrected chi connectivity index (χ3v) is 3.65. The predicted molar refractivity (Wildman–Crippen MR) is 86.6 cm³/mol.